The van der Waals surface area contributed by atoms with Crippen molar-refractivity contribution in [3.8, 4) is 0 Å². The SMILES string of the molecule is Cc1nnc(SCC2=C(C(=O)O)N3C(=O)C(NC(=O)CCCl)[C@@H]3SC2)s1. The number of rotatable bonds is 7. The highest BCUT2D eigenvalue weighted by Crippen LogP contribution is 2.41. The fourth-order valence-corrected chi connectivity index (χ4v) is 6.08. The first-order chi connectivity index (χ1) is 12.4. The number of thioether (sulfide) groups is 2. The summed E-state index contributed by atoms with van der Waals surface area (Å²) >= 11 is 9.81. The van der Waals surface area contributed by atoms with Crippen LogP contribution in [-0.4, -0.2) is 66.8 Å². The maximum Gasteiger partial charge on any atom is 0.352 e. The second kappa shape index (κ2) is 8.15. The number of carbonyl (C=O) groups is 3. The van der Waals surface area contributed by atoms with E-state index < -0.39 is 23.3 Å². The number of aliphatic carboxylic acids is 1. The van der Waals surface area contributed by atoms with Crippen LogP contribution >= 0.6 is 46.5 Å². The summed E-state index contributed by atoms with van der Waals surface area (Å²) in [5.41, 5.74) is 0.672. The average Bonchev–Trinajstić information content (AvgIpc) is 3.02. The van der Waals surface area contributed by atoms with Crippen molar-refractivity contribution in [2.75, 3.05) is 17.4 Å². The van der Waals surface area contributed by atoms with Crippen molar-refractivity contribution >= 4 is 64.2 Å². The van der Waals surface area contributed by atoms with Gasteiger partial charge in [-0.05, 0) is 12.5 Å². The lowest BCUT2D eigenvalue weighted by molar-refractivity contribution is -0.150. The number of alkyl halides is 1. The van der Waals surface area contributed by atoms with E-state index in [0.29, 0.717) is 17.1 Å². The second-order valence-electron chi connectivity index (χ2n) is 5.53. The minimum atomic E-state index is -1.14. The van der Waals surface area contributed by atoms with E-state index in [1.165, 1.54) is 39.8 Å². The second-order valence-corrected chi connectivity index (χ2v) is 9.41. The van der Waals surface area contributed by atoms with Crippen LogP contribution in [0.2, 0.25) is 0 Å². The summed E-state index contributed by atoms with van der Waals surface area (Å²) in [6, 6.07) is -0.704. The van der Waals surface area contributed by atoms with Gasteiger partial charge in [0.2, 0.25) is 5.91 Å². The molecule has 2 aliphatic heterocycles. The van der Waals surface area contributed by atoms with E-state index in [1.807, 2.05) is 6.92 Å². The Labute approximate surface area is 166 Å². The molecule has 0 spiro atoms. The number of halogens is 1. The number of aryl methyl sites for hydroxylation is 1. The molecule has 12 heteroatoms. The topological polar surface area (TPSA) is 112 Å². The lowest BCUT2D eigenvalue weighted by Crippen LogP contribution is -2.70. The van der Waals surface area contributed by atoms with Gasteiger partial charge in [0, 0.05) is 23.8 Å². The van der Waals surface area contributed by atoms with Crippen molar-refractivity contribution in [3.63, 3.8) is 0 Å². The molecule has 2 aliphatic rings. The summed E-state index contributed by atoms with van der Waals surface area (Å²) in [5, 5.41) is 20.6. The Kier molecular flexibility index (Phi) is 6.10. The zero-order valence-electron chi connectivity index (χ0n) is 13.6. The predicted octanol–water partition coefficient (Wildman–Crippen LogP) is 1.31. The van der Waals surface area contributed by atoms with Gasteiger partial charge in [-0.1, -0.05) is 23.1 Å². The fourth-order valence-electron chi connectivity index (χ4n) is 2.61. The monoisotopic (exact) mass is 434 g/mol. The third kappa shape index (κ3) is 3.85. The Bertz CT molecular complexity index is 784. The molecule has 26 heavy (non-hydrogen) atoms. The fraction of sp³-hybridized carbons (Fsp3) is 0.500. The molecule has 3 rings (SSSR count). The van der Waals surface area contributed by atoms with Crippen LogP contribution in [0.25, 0.3) is 0 Å². The molecule has 2 amide bonds. The maximum absolute atomic E-state index is 12.4. The third-order valence-electron chi connectivity index (χ3n) is 3.77. The molecule has 0 radical (unpaired) electrons. The Balaban J connectivity index is 1.73. The van der Waals surface area contributed by atoms with Gasteiger partial charge in [0.25, 0.3) is 5.91 Å². The van der Waals surface area contributed by atoms with Crippen LogP contribution < -0.4 is 5.32 Å². The van der Waals surface area contributed by atoms with Crippen LogP contribution in [0.15, 0.2) is 15.6 Å². The number of nitrogens with one attached hydrogen (secondary N) is 1. The highest BCUT2D eigenvalue weighted by Gasteiger charge is 2.54. The van der Waals surface area contributed by atoms with E-state index >= 15 is 0 Å². The molecule has 0 bridgehead atoms. The first-order valence-electron chi connectivity index (χ1n) is 7.60. The molecular weight excluding hydrogens is 420 g/mol. The van der Waals surface area contributed by atoms with Gasteiger partial charge in [-0.2, -0.15) is 0 Å². The summed E-state index contributed by atoms with van der Waals surface area (Å²) in [6.45, 7) is 1.85. The number of nitrogens with zero attached hydrogens (tertiary/aromatic N) is 3. The van der Waals surface area contributed by atoms with E-state index in [2.05, 4.69) is 15.5 Å². The Morgan fingerprint density at radius 3 is 2.85 bits per heavy atom. The van der Waals surface area contributed by atoms with Gasteiger partial charge in [0.05, 0.1) is 0 Å². The van der Waals surface area contributed by atoms with Gasteiger partial charge >= 0.3 is 5.97 Å². The number of amides is 2. The lowest BCUT2D eigenvalue weighted by Gasteiger charge is -2.49. The molecule has 1 saturated heterocycles. The summed E-state index contributed by atoms with van der Waals surface area (Å²) < 4.78 is 0.757. The number of carbonyl (C=O) groups excluding carboxylic acids is 2. The van der Waals surface area contributed by atoms with Gasteiger partial charge in [-0.3, -0.25) is 14.5 Å². The Morgan fingerprint density at radius 2 is 2.23 bits per heavy atom. The maximum atomic E-state index is 12.4. The van der Waals surface area contributed by atoms with Crippen molar-refractivity contribution < 1.29 is 19.5 Å². The third-order valence-corrected chi connectivity index (χ3v) is 7.35. The van der Waals surface area contributed by atoms with Crippen molar-refractivity contribution in [1.82, 2.24) is 20.4 Å². The molecule has 1 unspecified atom stereocenters. The lowest BCUT2D eigenvalue weighted by atomic mass is 10.0. The molecule has 3 heterocycles. The zero-order chi connectivity index (χ0) is 18.8. The Hall–Kier alpha value is -1.30. The smallest absolute Gasteiger partial charge is 0.352 e. The molecule has 2 N–H and O–H groups in total. The molecular formula is C14H15ClN4O4S3. The predicted molar refractivity (Wildman–Crippen MR) is 100 cm³/mol. The highest BCUT2D eigenvalue weighted by atomic mass is 35.5. The summed E-state index contributed by atoms with van der Waals surface area (Å²) in [6.07, 6.45) is 0.119. The number of carboxylic acid groups (broad SMARTS) is 1. The quantitative estimate of drug-likeness (QED) is 0.375. The number of carboxylic acids is 1. The first-order valence-corrected chi connectivity index (χ1v) is 11.0. The van der Waals surface area contributed by atoms with Crippen LogP contribution in [0.5, 0.6) is 0 Å². The van der Waals surface area contributed by atoms with Crippen LogP contribution in [0.4, 0.5) is 0 Å². The van der Waals surface area contributed by atoms with E-state index in [1.54, 1.807) is 0 Å². The number of β-lactam (4-membered cyclic amide) rings is 1. The molecule has 0 aromatic carbocycles. The van der Waals surface area contributed by atoms with Crippen LogP contribution in [0.3, 0.4) is 0 Å². The average molecular weight is 435 g/mol. The number of fused-ring (bicyclic) bond motifs is 1. The number of hydrogen-bond acceptors (Lipinski definition) is 8. The van der Waals surface area contributed by atoms with Crippen LogP contribution in [0.1, 0.15) is 11.4 Å². The van der Waals surface area contributed by atoms with Crippen LogP contribution in [0, 0.1) is 6.92 Å². The van der Waals surface area contributed by atoms with E-state index in [9.17, 15) is 19.5 Å². The largest absolute Gasteiger partial charge is 0.477 e. The Morgan fingerprint density at radius 1 is 1.46 bits per heavy atom. The van der Waals surface area contributed by atoms with Crippen molar-refractivity contribution in [2.24, 2.45) is 0 Å². The summed E-state index contributed by atoms with van der Waals surface area (Å²) in [5.74, 6) is -0.797. The van der Waals surface area contributed by atoms with Gasteiger partial charge < -0.3 is 10.4 Å². The first kappa shape index (κ1) is 19.5. The molecule has 1 aromatic rings. The van der Waals surface area contributed by atoms with Gasteiger partial charge in [0.1, 0.15) is 22.1 Å². The highest BCUT2D eigenvalue weighted by molar-refractivity contribution is 8.01. The normalized spacial score (nSPS) is 22.1. The van der Waals surface area contributed by atoms with Gasteiger partial charge in [0.15, 0.2) is 4.34 Å². The molecule has 140 valence electrons. The molecule has 1 aromatic heterocycles. The van der Waals surface area contributed by atoms with E-state index in [0.717, 1.165) is 9.35 Å². The van der Waals surface area contributed by atoms with Crippen molar-refractivity contribution in [1.29, 1.82) is 0 Å². The minimum Gasteiger partial charge on any atom is -0.477 e. The number of aromatic nitrogens is 2. The van der Waals surface area contributed by atoms with Crippen LogP contribution in [-0.2, 0) is 14.4 Å². The van der Waals surface area contributed by atoms with Crippen molar-refractivity contribution in [2.45, 2.75) is 29.1 Å². The van der Waals surface area contributed by atoms with E-state index in [4.69, 9.17) is 11.6 Å². The molecule has 0 aliphatic carbocycles. The standard InChI is InChI=1S/C14H15ClN4O4S3/c1-6-17-18-14(26-6)25-5-7-4-24-12-9(16-8(20)2-3-15)11(21)19(12)10(7)13(22)23/h9,12H,2-5H2,1H3,(H,16,20)(H,22,23)/t9?,12-/m0/s1. The van der Waals surface area contributed by atoms with Crippen molar-refractivity contribution in [3.05, 3.63) is 16.3 Å². The summed E-state index contributed by atoms with van der Waals surface area (Å²) in [4.78, 5) is 37.1. The summed E-state index contributed by atoms with van der Waals surface area (Å²) in [7, 11) is 0. The zero-order valence-corrected chi connectivity index (χ0v) is 16.8. The van der Waals surface area contributed by atoms with Gasteiger partial charge in [-0.15, -0.1) is 33.6 Å². The minimum absolute atomic E-state index is 0.00956. The molecule has 0 saturated carbocycles. The molecule has 2 atom stereocenters. The van der Waals surface area contributed by atoms with Gasteiger partial charge in [-0.25, -0.2) is 4.79 Å². The molecule has 8 nitrogen and oxygen atoms in total. The number of hydrogen-bond donors (Lipinski definition) is 2. The van der Waals surface area contributed by atoms with E-state index in [-0.39, 0.29) is 23.9 Å². The molecule has 1 fully saturated rings.